The van der Waals surface area contributed by atoms with Crippen LogP contribution in [0.3, 0.4) is 0 Å². The summed E-state index contributed by atoms with van der Waals surface area (Å²) in [5, 5.41) is 28.6. The van der Waals surface area contributed by atoms with Crippen LogP contribution in [0.15, 0.2) is 376 Å². The SMILES string of the molecule is C[Si](C)(C)c1cc2c3c(c1)n1c4cc5ccccc5cc4nc1n3c1nc3cc4ccccc4cc3n21.c1ccc2cc3c(cc2c1)nc1n3c2cc(-c3ccc4c(ccc5ccccc54)c3)cc3c2n1c1nc2cc4ccccc4cc2n31.c1ccc2cc3c(cc2c1)nc1n3c2cc(-c3ccc4c5ccccc5c5ccccc5c4c3)cc3c2n1c1nc2cc4ccccc4cc2n31. The molecule has 34 rings (SSSR count). The molecule has 0 amide bonds. The van der Waals surface area contributed by atoms with Crippen molar-refractivity contribution >= 4 is 282 Å². The molecule has 0 atom stereocenters. The summed E-state index contributed by atoms with van der Waals surface area (Å²) < 4.78 is 20.8. The average molecular weight is 1740 g/mol. The molecule has 0 saturated heterocycles. The number of aromatic nitrogens is 15. The number of nitrogens with zero attached hydrogens (tertiary/aromatic N) is 15. The molecule has 626 valence electrons. The molecule has 22 aromatic carbocycles. The molecule has 0 spiro atoms. The van der Waals surface area contributed by atoms with Gasteiger partial charge in [0.15, 0.2) is 0 Å². The van der Waals surface area contributed by atoms with Gasteiger partial charge in [-0.25, -0.2) is 43.1 Å². The van der Waals surface area contributed by atoms with E-state index in [1.54, 1.807) is 0 Å². The van der Waals surface area contributed by atoms with Crippen LogP contribution in [0, 0.1) is 0 Å². The minimum Gasteiger partial charge on any atom is -0.276 e. The number of imidazole rings is 12. The Morgan fingerprint density at radius 2 is 0.378 bits per heavy atom. The Balaban J connectivity index is 0.0000000940. The lowest BCUT2D eigenvalue weighted by atomic mass is 9.92. The summed E-state index contributed by atoms with van der Waals surface area (Å²) in [4.78, 5) is 31.6. The summed E-state index contributed by atoms with van der Waals surface area (Å²) in [7, 11) is -1.62. The van der Waals surface area contributed by atoms with E-state index in [0.29, 0.717) is 0 Å². The molecule has 34 aromatic rings. The summed E-state index contributed by atoms with van der Waals surface area (Å²) in [5.41, 5.74) is 27.7. The van der Waals surface area contributed by atoms with E-state index >= 15 is 0 Å². The first-order valence-electron chi connectivity index (χ1n) is 46.2. The summed E-state index contributed by atoms with van der Waals surface area (Å²) in [5.74, 6) is 5.37. The topological polar surface area (TPSA) is 117 Å². The van der Waals surface area contributed by atoms with Crippen LogP contribution < -0.4 is 5.19 Å². The first kappa shape index (κ1) is 72.0. The molecule has 16 heteroatoms. The van der Waals surface area contributed by atoms with Crippen LogP contribution in [0.5, 0.6) is 0 Å². The second-order valence-corrected chi connectivity index (χ2v) is 43.1. The quantitative estimate of drug-likeness (QED) is 0.128. The zero-order valence-electron chi connectivity index (χ0n) is 73.0. The predicted octanol–water partition coefficient (Wildman–Crippen LogP) is 29.0. The molecular weight excluding hydrogens is 1670 g/mol. The van der Waals surface area contributed by atoms with E-state index in [2.05, 4.69) is 435 Å². The van der Waals surface area contributed by atoms with Gasteiger partial charge >= 0.3 is 0 Å². The van der Waals surface area contributed by atoms with Crippen LogP contribution in [-0.2, 0) is 0 Å². The van der Waals surface area contributed by atoms with Crippen LogP contribution in [-0.4, -0.2) is 77.6 Å². The largest absolute Gasteiger partial charge is 0.276 e. The minimum absolute atomic E-state index is 0.878. The van der Waals surface area contributed by atoms with Crippen molar-refractivity contribution in [2.75, 3.05) is 0 Å². The Morgan fingerprint density at radius 3 is 0.674 bits per heavy atom. The molecule has 0 bridgehead atoms. The van der Waals surface area contributed by atoms with Crippen LogP contribution in [0.25, 0.3) is 291 Å². The summed E-state index contributed by atoms with van der Waals surface area (Å²) in [6.07, 6.45) is 0. The Kier molecular flexibility index (Phi) is 13.7. The third-order valence-corrected chi connectivity index (χ3v) is 31.6. The van der Waals surface area contributed by atoms with Crippen LogP contribution in [0.4, 0.5) is 0 Å². The van der Waals surface area contributed by atoms with Crippen molar-refractivity contribution in [2.45, 2.75) is 19.6 Å². The van der Waals surface area contributed by atoms with Gasteiger partial charge in [-0.05, 0) is 262 Å². The van der Waals surface area contributed by atoms with Gasteiger partial charge in [0.1, 0.15) is 16.6 Å². The maximum Gasteiger partial charge on any atom is 0.223 e. The maximum atomic E-state index is 5.31. The van der Waals surface area contributed by atoms with Gasteiger partial charge in [0, 0.05) is 0 Å². The molecule has 0 aliphatic heterocycles. The fourth-order valence-electron chi connectivity index (χ4n) is 23.3. The Morgan fingerprint density at radius 1 is 0.156 bits per heavy atom. The second-order valence-electron chi connectivity index (χ2n) is 38.0. The molecule has 0 saturated carbocycles. The molecule has 0 aliphatic rings. The number of hydrogen-bond donors (Lipinski definition) is 0. The predicted molar refractivity (Wildman–Crippen MR) is 562 cm³/mol. The molecule has 15 nitrogen and oxygen atoms in total. The number of fused-ring (bicyclic) bond motifs is 45. The van der Waals surface area contributed by atoms with Crippen molar-refractivity contribution in [3.8, 4) is 22.3 Å². The highest BCUT2D eigenvalue weighted by Crippen LogP contribution is 2.46. The minimum atomic E-state index is -1.62. The van der Waals surface area contributed by atoms with Crippen molar-refractivity contribution in [3.05, 3.63) is 376 Å². The summed E-state index contributed by atoms with van der Waals surface area (Å²) >= 11 is 0. The average Bonchev–Trinajstić information content (AvgIpc) is 1.52. The molecule has 135 heavy (non-hydrogen) atoms. The first-order chi connectivity index (χ1) is 66.5. The molecule has 0 aliphatic carbocycles. The van der Waals surface area contributed by atoms with Crippen molar-refractivity contribution in [1.29, 1.82) is 0 Å². The van der Waals surface area contributed by atoms with Gasteiger partial charge in [-0.3, -0.25) is 26.4 Å². The highest BCUT2D eigenvalue weighted by Gasteiger charge is 2.32. The van der Waals surface area contributed by atoms with Gasteiger partial charge in [-0.2, -0.15) is 0 Å². The molecule has 0 radical (unpaired) electrons. The van der Waals surface area contributed by atoms with Crippen LogP contribution >= 0.6 is 0 Å². The van der Waals surface area contributed by atoms with Crippen LogP contribution in [0.1, 0.15) is 0 Å². The maximum absolute atomic E-state index is 5.31. The molecular formula is C119H71N15Si. The summed E-state index contributed by atoms with van der Waals surface area (Å²) in [6, 6.07) is 137. The Bertz CT molecular complexity index is 10800. The molecule has 0 N–H and O–H groups in total. The van der Waals surface area contributed by atoms with Gasteiger partial charge in [0.25, 0.3) is 0 Å². The van der Waals surface area contributed by atoms with Crippen molar-refractivity contribution < 1.29 is 0 Å². The van der Waals surface area contributed by atoms with Crippen molar-refractivity contribution in [2.24, 2.45) is 0 Å². The van der Waals surface area contributed by atoms with E-state index < -0.39 is 8.07 Å². The number of benzene rings is 22. The van der Waals surface area contributed by atoms with Gasteiger partial charge in [-0.1, -0.05) is 280 Å². The fraction of sp³-hybridized carbons (Fsp3) is 0.0252. The van der Waals surface area contributed by atoms with E-state index in [1.807, 2.05) is 0 Å². The fourth-order valence-corrected chi connectivity index (χ4v) is 24.4. The van der Waals surface area contributed by atoms with E-state index in [1.165, 1.54) is 157 Å². The lowest BCUT2D eigenvalue weighted by Crippen LogP contribution is -2.37. The highest BCUT2D eigenvalue weighted by molar-refractivity contribution is 6.89. The van der Waals surface area contributed by atoms with E-state index in [9.17, 15) is 0 Å². The molecule has 12 aromatic heterocycles. The van der Waals surface area contributed by atoms with Gasteiger partial charge in [-0.15, -0.1) is 0 Å². The van der Waals surface area contributed by atoms with E-state index in [4.69, 9.17) is 29.9 Å². The third-order valence-electron chi connectivity index (χ3n) is 29.6. The van der Waals surface area contributed by atoms with E-state index in [-0.39, 0.29) is 0 Å². The second kappa shape index (κ2) is 25.6. The molecule has 0 fully saturated rings. The lowest BCUT2D eigenvalue weighted by molar-refractivity contribution is 1.15. The van der Waals surface area contributed by atoms with Gasteiger partial charge in [0.05, 0.1) is 107 Å². The summed E-state index contributed by atoms with van der Waals surface area (Å²) in [6.45, 7) is 7.26. The highest BCUT2D eigenvalue weighted by atomic mass is 28.3. The zero-order chi connectivity index (χ0) is 88.0. The third kappa shape index (κ3) is 9.74. The number of hydrogen-bond acceptors (Lipinski definition) is 6. The number of rotatable bonds is 3. The smallest absolute Gasteiger partial charge is 0.223 e. The molecule has 0 unspecified atom stereocenters. The zero-order valence-corrected chi connectivity index (χ0v) is 74.0. The van der Waals surface area contributed by atoms with Crippen LogP contribution in [0.2, 0.25) is 19.6 Å². The Labute approximate surface area is 764 Å². The Hall–Kier alpha value is -17.9. The lowest BCUT2D eigenvalue weighted by Gasteiger charge is -2.17. The molecule has 12 heterocycles. The standard InChI is InChI=1S/C46H25N5.C42H23N5.C31H23N5Si/c1-3-11-28-22-40-38(20-26(28)9-1)47-45-49(40)42-24-31(30-17-18-36-34-15-6-5-13-32(34)33-14-7-8-16-35(33)37(36)19-30)25-43-44(42)51(45)46-48-39-21-27-10-2-4-12-29(27)23-41(39)50(43)46;1-3-10-27-20-36-34(18-25(27)8-1)43-41-45(36)38-22-31(29-15-16-33-30(17-29)14-13-24-7-5-6-12-32(24)33)23-39-40(38)47(41)42-44-35-19-26-9-2-4-11-28(26)21-37(35)46(39)42;1-37(2,3)22-16-27-29-28(17-22)35-26-15-21-11-7-5-9-19(21)13-24(26)33-31(35)36(29)30-32-23-12-18-8-4-6-10-20(18)14-25(23)34(27)30/h1-25H;1-23H;4-17H,1-3H3. The van der Waals surface area contributed by atoms with Gasteiger partial charge in [0.2, 0.25) is 34.7 Å². The van der Waals surface area contributed by atoms with Crippen molar-refractivity contribution in [3.63, 3.8) is 0 Å². The van der Waals surface area contributed by atoms with Crippen molar-refractivity contribution in [1.82, 2.24) is 69.5 Å². The monoisotopic (exact) mass is 1740 g/mol. The normalized spacial score (nSPS) is 12.9. The first-order valence-corrected chi connectivity index (χ1v) is 49.7. The van der Waals surface area contributed by atoms with E-state index in [0.717, 1.165) is 140 Å². The van der Waals surface area contributed by atoms with Gasteiger partial charge < -0.3 is 0 Å².